The fourth-order valence-corrected chi connectivity index (χ4v) is 3.89. The predicted octanol–water partition coefficient (Wildman–Crippen LogP) is 3.19. The van der Waals surface area contributed by atoms with Crippen LogP contribution in [-0.2, 0) is 25.8 Å². The highest BCUT2D eigenvalue weighted by Gasteiger charge is 2.33. The van der Waals surface area contributed by atoms with Gasteiger partial charge < -0.3 is 4.74 Å². The van der Waals surface area contributed by atoms with Crippen molar-refractivity contribution in [3.05, 3.63) is 78.4 Å². The maximum absolute atomic E-state index is 12.7. The quantitative estimate of drug-likeness (QED) is 0.572. The minimum Gasteiger partial charge on any atom is -0.468 e. The van der Waals surface area contributed by atoms with E-state index in [0.29, 0.717) is 6.42 Å². The summed E-state index contributed by atoms with van der Waals surface area (Å²) < 4.78 is 30.0. The summed E-state index contributed by atoms with van der Waals surface area (Å²) in [5.74, 6) is -0.747. The molecule has 0 aromatic heterocycles. The molecule has 0 aliphatic carbocycles. The molecule has 4 nitrogen and oxygen atoms in total. The Bertz CT molecular complexity index is 781. The second kappa shape index (κ2) is 8.45. The molecule has 0 saturated heterocycles. The normalized spacial score (nSPS) is 12.9. The number of sulfone groups is 1. The zero-order chi connectivity index (χ0) is 17.4. The van der Waals surface area contributed by atoms with Gasteiger partial charge in [-0.2, -0.15) is 0 Å². The highest BCUT2D eigenvalue weighted by Crippen LogP contribution is 2.20. The summed E-state index contributed by atoms with van der Waals surface area (Å²) in [6, 6.07) is 17.8. The van der Waals surface area contributed by atoms with Crippen LogP contribution in [0.1, 0.15) is 12.0 Å². The van der Waals surface area contributed by atoms with Crippen molar-refractivity contribution in [2.45, 2.75) is 23.0 Å². The van der Waals surface area contributed by atoms with Crippen molar-refractivity contribution in [2.75, 3.05) is 7.11 Å². The van der Waals surface area contributed by atoms with Crippen molar-refractivity contribution in [2.24, 2.45) is 0 Å². The molecule has 0 amide bonds. The lowest BCUT2D eigenvalue weighted by atomic mass is 10.1. The van der Waals surface area contributed by atoms with Crippen molar-refractivity contribution < 1.29 is 17.9 Å². The minimum atomic E-state index is -3.78. The molecule has 1 atom stereocenters. The van der Waals surface area contributed by atoms with Gasteiger partial charge in [0.25, 0.3) is 0 Å². The average molecular weight is 344 g/mol. The van der Waals surface area contributed by atoms with E-state index in [2.05, 4.69) is 4.74 Å². The van der Waals surface area contributed by atoms with Crippen LogP contribution in [-0.4, -0.2) is 26.7 Å². The van der Waals surface area contributed by atoms with Gasteiger partial charge in [0.05, 0.1) is 12.0 Å². The van der Waals surface area contributed by atoms with Gasteiger partial charge in [0, 0.05) is 0 Å². The number of rotatable bonds is 7. The molecular weight excluding hydrogens is 324 g/mol. The van der Waals surface area contributed by atoms with Crippen LogP contribution in [0.2, 0.25) is 0 Å². The second-order valence-electron chi connectivity index (χ2n) is 5.27. The number of esters is 1. The van der Waals surface area contributed by atoms with E-state index in [1.807, 2.05) is 36.4 Å². The van der Waals surface area contributed by atoms with E-state index in [-0.39, 0.29) is 11.3 Å². The van der Waals surface area contributed by atoms with Gasteiger partial charge >= 0.3 is 5.97 Å². The van der Waals surface area contributed by atoms with E-state index in [4.69, 9.17) is 0 Å². The van der Waals surface area contributed by atoms with E-state index in [9.17, 15) is 13.2 Å². The van der Waals surface area contributed by atoms with Crippen LogP contribution in [0.4, 0.5) is 0 Å². The number of ether oxygens (including phenoxy) is 1. The molecule has 2 aromatic carbocycles. The molecule has 2 aromatic rings. The Hall–Kier alpha value is -2.40. The Morgan fingerprint density at radius 2 is 1.58 bits per heavy atom. The first kappa shape index (κ1) is 17.9. The maximum Gasteiger partial charge on any atom is 0.324 e. The Labute approximate surface area is 142 Å². The van der Waals surface area contributed by atoms with Gasteiger partial charge in [-0.1, -0.05) is 60.7 Å². The Morgan fingerprint density at radius 1 is 1.00 bits per heavy atom. The summed E-state index contributed by atoms with van der Waals surface area (Å²) in [6.45, 7) is 0. The molecule has 0 radical (unpaired) electrons. The molecule has 24 heavy (non-hydrogen) atoms. The fourth-order valence-electron chi connectivity index (χ4n) is 2.31. The van der Waals surface area contributed by atoms with Gasteiger partial charge in [-0.05, 0) is 30.5 Å². The van der Waals surface area contributed by atoms with Gasteiger partial charge in [0.1, 0.15) is 0 Å². The SMILES string of the molecule is COC(=O)C(C/C=C/Cc1ccccc1)S(=O)(=O)c1ccccc1. The summed E-state index contributed by atoms with van der Waals surface area (Å²) in [5.41, 5.74) is 1.12. The largest absolute Gasteiger partial charge is 0.468 e. The Kier molecular flexibility index (Phi) is 6.32. The third kappa shape index (κ3) is 4.55. The number of carbonyl (C=O) groups excluding carboxylic acids is 1. The summed E-state index contributed by atoms with van der Waals surface area (Å²) >= 11 is 0. The third-order valence-corrected chi connectivity index (χ3v) is 5.69. The van der Waals surface area contributed by atoms with E-state index in [1.54, 1.807) is 24.3 Å². The zero-order valence-corrected chi connectivity index (χ0v) is 14.3. The van der Waals surface area contributed by atoms with E-state index < -0.39 is 21.1 Å². The highest BCUT2D eigenvalue weighted by molar-refractivity contribution is 7.92. The molecular formula is C19H20O4S. The number of hydrogen-bond acceptors (Lipinski definition) is 4. The predicted molar refractivity (Wildman–Crippen MR) is 93.3 cm³/mol. The van der Waals surface area contributed by atoms with Crippen LogP contribution in [0.3, 0.4) is 0 Å². The Balaban J connectivity index is 2.13. The van der Waals surface area contributed by atoms with Crippen LogP contribution in [0.15, 0.2) is 77.7 Å². The van der Waals surface area contributed by atoms with Crippen molar-refractivity contribution in [3.63, 3.8) is 0 Å². The first-order valence-corrected chi connectivity index (χ1v) is 9.16. The molecule has 2 rings (SSSR count). The van der Waals surface area contributed by atoms with Gasteiger partial charge in [-0.15, -0.1) is 0 Å². The molecule has 0 heterocycles. The summed E-state index contributed by atoms with van der Waals surface area (Å²) in [6.07, 6.45) is 4.34. The molecule has 0 N–H and O–H groups in total. The van der Waals surface area contributed by atoms with Gasteiger partial charge in [-0.3, -0.25) is 4.79 Å². The van der Waals surface area contributed by atoms with Crippen molar-refractivity contribution in [1.82, 2.24) is 0 Å². The monoisotopic (exact) mass is 344 g/mol. The number of allylic oxidation sites excluding steroid dienone is 2. The number of methoxy groups -OCH3 is 1. The molecule has 0 fully saturated rings. The van der Waals surface area contributed by atoms with E-state index in [0.717, 1.165) is 5.56 Å². The van der Waals surface area contributed by atoms with Crippen LogP contribution in [0.5, 0.6) is 0 Å². The van der Waals surface area contributed by atoms with Gasteiger partial charge in [-0.25, -0.2) is 8.42 Å². The zero-order valence-electron chi connectivity index (χ0n) is 13.5. The van der Waals surface area contributed by atoms with Crippen LogP contribution in [0, 0.1) is 0 Å². The summed E-state index contributed by atoms with van der Waals surface area (Å²) in [5, 5.41) is -1.24. The fraction of sp³-hybridized carbons (Fsp3) is 0.211. The number of carbonyl (C=O) groups is 1. The number of benzene rings is 2. The Morgan fingerprint density at radius 3 is 2.17 bits per heavy atom. The summed E-state index contributed by atoms with van der Waals surface area (Å²) in [4.78, 5) is 12.1. The first-order chi connectivity index (χ1) is 11.6. The average Bonchev–Trinajstić information content (AvgIpc) is 2.62. The van der Waals surface area contributed by atoms with Crippen LogP contribution < -0.4 is 0 Å². The topological polar surface area (TPSA) is 60.4 Å². The second-order valence-corrected chi connectivity index (χ2v) is 7.40. The molecule has 0 saturated carbocycles. The van der Waals surface area contributed by atoms with Gasteiger partial charge in [0.15, 0.2) is 15.1 Å². The molecule has 126 valence electrons. The van der Waals surface area contributed by atoms with Crippen LogP contribution in [0.25, 0.3) is 0 Å². The minimum absolute atomic E-state index is 0.0801. The maximum atomic E-state index is 12.7. The molecule has 5 heteroatoms. The summed E-state index contributed by atoms with van der Waals surface area (Å²) in [7, 11) is -2.59. The van der Waals surface area contributed by atoms with E-state index in [1.165, 1.54) is 19.2 Å². The number of hydrogen-bond donors (Lipinski definition) is 0. The third-order valence-electron chi connectivity index (χ3n) is 3.62. The first-order valence-electron chi connectivity index (χ1n) is 7.61. The van der Waals surface area contributed by atoms with Crippen LogP contribution >= 0.6 is 0 Å². The molecule has 0 aliphatic heterocycles. The molecule has 0 aliphatic rings. The standard InChI is InChI=1S/C19H20O4S/c1-23-19(20)18(24(21,22)17-13-6-3-7-14-17)15-9-8-12-16-10-4-2-5-11-16/h2-11,13-14,18H,12,15H2,1H3/b9-8+. The highest BCUT2D eigenvalue weighted by atomic mass is 32.2. The molecule has 0 bridgehead atoms. The van der Waals surface area contributed by atoms with E-state index >= 15 is 0 Å². The lowest BCUT2D eigenvalue weighted by molar-refractivity contribution is -0.140. The van der Waals surface area contributed by atoms with Crippen molar-refractivity contribution in [1.29, 1.82) is 0 Å². The van der Waals surface area contributed by atoms with Crippen molar-refractivity contribution in [3.8, 4) is 0 Å². The van der Waals surface area contributed by atoms with Gasteiger partial charge in [0.2, 0.25) is 0 Å². The lowest BCUT2D eigenvalue weighted by Gasteiger charge is -2.14. The van der Waals surface area contributed by atoms with Crippen molar-refractivity contribution >= 4 is 15.8 Å². The molecule has 0 spiro atoms. The molecule has 1 unspecified atom stereocenters. The lowest BCUT2D eigenvalue weighted by Crippen LogP contribution is -2.31. The smallest absolute Gasteiger partial charge is 0.324 e.